The maximum atomic E-state index is 6.67. The Labute approximate surface area is 370 Å². The van der Waals surface area contributed by atoms with E-state index in [-0.39, 0.29) is 11.5 Å². The molecule has 0 amide bonds. The minimum absolute atomic E-state index is 0.0872. The fraction of sp³-hybridized carbons (Fsp3) is 0.321. The van der Waals surface area contributed by atoms with Crippen LogP contribution < -0.4 is 11.1 Å². The summed E-state index contributed by atoms with van der Waals surface area (Å²) in [6.07, 6.45) is 20.0. The standard InChI is InChI=1S/C49H53N3.3C2H6.CH4S/c1-8-18-45(51-39-30-28-38(29-31-39)49(5,6)7)40(10-3)34(4)25-26-35(9-2)37-27-32-47-43(33-37)41-21-15-17-24-46(41)52(47)48(36-19-12-11-13-20-36)42-22-14-16-23-44(42)50;4*1-2/h8-9,11-28,30,32-33,48,51H,2,10,29,31,50H2,1,3-7H3;3*1-2H3;2H,1H3/b18-8-,34-25+,35-26+,45-40-;;;;. The van der Waals surface area contributed by atoms with Gasteiger partial charge in [0.05, 0.1) is 11.6 Å². The largest absolute Gasteiger partial charge is 0.398 e. The summed E-state index contributed by atoms with van der Waals surface area (Å²) >= 11 is 3.53. The molecular formula is C56H75N3S. The zero-order chi connectivity index (χ0) is 44.8. The summed E-state index contributed by atoms with van der Waals surface area (Å²) in [5.41, 5.74) is 20.9. The number of hydrogen-bond acceptors (Lipinski definition) is 3. The number of allylic oxidation sites excluding steroid dienone is 12. The molecule has 1 atom stereocenters. The van der Waals surface area contributed by atoms with Gasteiger partial charge in [0, 0.05) is 38.9 Å². The number of nitrogens with one attached hydrogen (secondary N) is 1. The zero-order valence-electron chi connectivity index (χ0n) is 39.2. The van der Waals surface area contributed by atoms with Gasteiger partial charge in [-0.25, -0.2) is 0 Å². The lowest BCUT2D eigenvalue weighted by molar-refractivity contribution is 0.477. The van der Waals surface area contributed by atoms with E-state index in [0.29, 0.717) is 0 Å². The number of benzene rings is 4. The molecule has 1 aromatic heterocycles. The number of rotatable bonds is 11. The van der Waals surface area contributed by atoms with E-state index in [4.69, 9.17) is 5.73 Å². The van der Waals surface area contributed by atoms with Crippen molar-refractivity contribution in [3.8, 4) is 0 Å². The molecule has 3 nitrogen and oxygen atoms in total. The Morgan fingerprint density at radius 2 is 1.42 bits per heavy atom. The Morgan fingerprint density at radius 1 is 0.800 bits per heavy atom. The van der Waals surface area contributed by atoms with E-state index in [0.717, 1.165) is 52.9 Å². The van der Waals surface area contributed by atoms with Gasteiger partial charge in [-0.2, -0.15) is 12.6 Å². The average Bonchev–Trinajstić information content (AvgIpc) is 3.61. The molecule has 320 valence electrons. The highest BCUT2D eigenvalue weighted by atomic mass is 32.1. The van der Waals surface area contributed by atoms with Crippen LogP contribution in [0.2, 0.25) is 0 Å². The van der Waals surface area contributed by atoms with Crippen molar-refractivity contribution in [1.29, 1.82) is 0 Å². The summed E-state index contributed by atoms with van der Waals surface area (Å²) in [7, 11) is 0. The van der Waals surface area contributed by atoms with Crippen LogP contribution in [0.15, 0.2) is 174 Å². The zero-order valence-corrected chi connectivity index (χ0v) is 40.1. The van der Waals surface area contributed by atoms with E-state index in [9.17, 15) is 0 Å². The second-order valence-corrected chi connectivity index (χ2v) is 14.7. The molecule has 5 aromatic rings. The minimum Gasteiger partial charge on any atom is -0.398 e. The number of nitrogens with zero attached hydrogens (tertiary/aromatic N) is 1. The lowest BCUT2D eigenvalue weighted by Gasteiger charge is -2.27. The van der Waals surface area contributed by atoms with Crippen molar-refractivity contribution in [2.45, 2.75) is 108 Å². The Morgan fingerprint density at radius 3 is 2.00 bits per heavy atom. The molecular weight excluding hydrogens is 747 g/mol. The highest BCUT2D eigenvalue weighted by Crippen LogP contribution is 2.40. The molecule has 4 heteroatoms. The van der Waals surface area contributed by atoms with Crippen LogP contribution in [0.4, 0.5) is 5.69 Å². The molecule has 1 heterocycles. The van der Waals surface area contributed by atoms with Gasteiger partial charge >= 0.3 is 0 Å². The van der Waals surface area contributed by atoms with Crippen molar-refractivity contribution in [3.05, 3.63) is 191 Å². The number of hydrogen-bond donors (Lipinski definition) is 3. The number of thiol groups is 1. The first-order valence-corrected chi connectivity index (χ1v) is 23.0. The van der Waals surface area contributed by atoms with Gasteiger partial charge in [-0.1, -0.05) is 185 Å². The monoisotopic (exact) mass is 822 g/mol. The maximum absolute atomic E-state index is 6.67. The van der Waals surface area contributed by atoms with Crippen LogP contribution in [0.25, 0.3) is 27.4 Å². The molecule has 0 radical (unpaired) electrons. The second kappa shape index (κ2) is 26.1. The van der Waals surface area contributed by atoms with Crippen LogP contribution in [-0.2, 0) is 0 Å². The van der Waals surface area contributed by atoms with Crippen molar-refractivity contribution in [3.63, 3.8) is 0 Å². The van der Waals surface area contributed by atoms with Gasteiger partial charge in [-0.05, 0) is 109 Å². The SMILES string of the molecule is C=C\C(=C/C=C(C)/C(CC)=C(/C=C\C)NC1=CC=C(C(C)(C)C)CC1)c1ccc2c(c1)c1ccccc1n2C(c1ccccc1)c1ccccc1N.CC.CC.CC.CS. The molecule has 0 fully saturated rings. The van der Waals surface area contributed by atoms with Crippen molar-refractivity contribution in [2.75, 3.05) is 12.0 Å². The first-order valence-electron chi connectivity index (χ1n) is 22.1. The van der Waals surface area contributed by atoms with Crippen molar-refractivity contribution < 1.29 is 0 Å². The van der Waals surface area contributed by atoms with Crippen LogP contribution in [0, 0.1) is 5.41 Å². The summed E-state index contributed by atoms with van der Waals surface area (Å²) in [6.45, 7) is 29.7. The molecule has 3 N–H and O–H groups in total. The van der Waals surface area contributed by atoms with Gasteiger partial charge in [0.25, 0.3) is 0 Å². The Kier molecular flexibility index (Phi) is 22.2. The van der Waals surface area contributed by atoms with Crippen molar-refractivity contribution in [2.24, 2.45) is 5.41 Å². The highest BCUT2D eigenvalue weighted by Gasteiger charge is 2.24. The molecule has 0 spiro atoms. The topological polar surface area (TPSA) is 43.0 Å². The predicted octanol–water partition coefficient (Wildman–Crippen LogP) is 16.6. The number of fused-ring (bicyclic) bond motifs is 3. The quantitative estimate of drug-likeness (QED) is 0.0706. The van der Waals surface area contributed by atoms with E-state index in [1.807, 2.05) is 59.8 Å². The Balaban J connectivity index is 0.00000146. The Bertz CT molecular complexity index is 2280. The third-order valence-corrected chi connectivity index (χ3v) is 10.3. The van der Waals surface area contributed by atoms with Gasteiger partial charge < -0.3 is 15.6 Å². The summed E-state index contributed by atoms with van der Waals surface area (Å²) in [5.74, 6) is 0. The molecule has 6 rings (SSSR count). The average molecular weight is 822 g/mol. The number of anilines is 1. The molecule has 4 aromatic carbocycles. The van der Waals surface area contributed by atoms with Crippen LogP contribution >= 0.6 is 12.6 Å². The number of nitrogens with two attached hydrogens (primary N) is 1. The van der Waals surface area contributed by atoms with Gasteiger partial charge in [0.1, 0.15) is 0 Å². The van der Waals surface area contributed by atoms with E-state index in [1.165, 1.54) is 44.3 Å². The van der Waals surface area contributed by atoms with E-state index >= 15 is 0 Å². The van der Waals surface area contributed by atoms with Crippen molar-refractivity contribution >= 4 is 45.7 Å². The van der Waals surface area contributed by atoms with E-state index < -0.39 is 0 Å². The number of aromatic nitrogens is 1. The Hall–Kier alpha value is -5.19. The fourth-order valence-corrected chi connectivity index (χ4v) is 7.53. The number of nitrogen functional groups attached to an aromatic ring is 1. The fourth-order valence-electron chi connectivity index (χ4n) is 7.53. The van der Waals surface area contributed by atoms with Gasteiger partial charge in [-0.3, -0.25) is 0 Å². The van der Waals surface area contributed by atoms with Crippen molar-refractivity contribution in [1.82, 2.24) is 9.88 Å². The number of para-hydroxylation sites is 2. The normalized spacial score (nSPS) is 13.8. The smallest absolute Gasteiger partial charge is 0.0865 e. The molecule has 0 aliphatic heterocycles. The molecule has 1 aliphatic carbocycles. The van der Waals surface area contributed by atoms with E-state index in [2.05, 4.69) is 192 Å². The maximum Gasteiger partial charge on any atom is 0.0865 e. The summed E-state index contributed by atoms with van der Waals surface area (Å²) in [4.78, 5) is 0. The lowest BCUT2D eigenvalue weighted by Crippen LogP contribution is -2.18. The summed E-state index contributed by atoms with van der Waals surface area (Å²) in [5, 5.41) is 6.20. The summed E-state index contributed by atoms with van der Waals surface area (Å²) in [6, 6.07) is 34.3. The second-order valence-electron chi connectivity index (χ2n) is 14.7. The molecule has 60 heavy (non-hydrogen) atoms. The van der Waals surface area contributed by atoms with Crippen LogP contribution in [-0.4, -0.2) is 10.8 Å². The van der Waals surface area contributed by atoms with Crippen LogP contribution in [0.1, 0.15) is 125 Å². The third kappa shape index (κ3) is 12.7. The molecule has 0 saturated carbocycles. The molecule has 0 saturated heterocycles. The lowest BCUT2D eigenvalue weighted by atomic mass is 9.81. The third-order valence-electron chi connectivity index (χ3n) is 10.3. The van der Waals surface area contributed by atoms with Crippen LogP contribution in [0.5, 0.6) is 0 Å². The predicted molar refractivity (Wildman–Crippen MR) is 275 cm³/mol. The van der Waals surface area contributed by atoms with Crippen LogP contribution in [0.3, 0.4) is 0 Å². The summed E-state index contributed by atoms with van der Waals surface area (Å²) < 4.78 is 2.45. The highest BCUT2D eigenvalue weighted by molar-refractivity contribution is 7.79. The first kappa shape index (κ1) is 51.0. The van der Waals surface area contributed by atoms with Gasteiger partial charge in [0.15, 0.2) is 0 Å². The molecule has 1 aliphatic rings. The molecule has 1 unspecified atom stereocenters. The molecule has 0 bridgehead atoms. The van der Waals surface area contributed by atoms with E-state index in [1.54, 1.807) is 6.26 Å². The van der Waals surface area contributed by atoms with Gasteiger partial charge in [0.2, 0.25) is 0 Å². The first-order chi connectivity index (χ1) is 29.1. The van der Waals surface area contributed by atoms with Gasteiger partial charge in [-0.15, -0.1) is 0 Å². The minimum atomic E-state index is -0.0872.